The number of unbranched alkanes of at least 4 members (excludes halogenated alkanes) is 1. The highest BCUT2D eigenvalue weighted by molar-refractivity contribution is 6.47. The zero-order valence-corrected chi connectivity index (χ0v) is 13.2. The third-order valence-electron chi connectivity index (χ3n) is 3.80. The summed E-state index contributed by atoms with van der Waals surface area (Å²) < 4.78 is 0. The zero-order valence-electron chi connectivity index (χ0n) is 13.2. The second-order valence-electron chi connectivity index (χ2n) is 5.57. The molecule has 0 atom stereocenters. The lowest BCUT2D eigenvalue weighted by atomic mass is 9.99. The first-order chi connectivity index (χ1) is 11.7. The Morgan fingerprint density at radius 1 is 1.29 bits per heavy atom. The van der Waals surface area contributed by atoms with E-state index in [9.17, 15) is 4.79 Å². The van der Waals surface area contributed by atoms with Gasteiger partial charge in [0.05, 0.1) is 6.54 Å². The molecule has 0 aliphatic carbocycles. The molecule has 4 N–H and O–H groups in total. The summed E-state index contributed by atoms with van der Waals surface area (Å²) in [5, 5.41) is 12.0. The molecule has 0 unspecified atom stereocenters. The summed E-state index contributed by atoms with van der Waals surface area (Å²) in [6.07, 6.45) is 3.28. The molecule has 3 rings (SSSR count). The van der Waals surface area contributed by atoms with Gasteiger partial charge < -0.3 is 16.2 Å². The van der Waals surface area contributed by atoms with Crippen LogP contribution in [-0.4, -0.2) is 33.2 Å². The molecular formula is C17H19N5O2. The molecule has 1 aromatic carbocycles. The number of Topliss-reactive ketones (excluding diaryl/α,β-unsaturated/α-hetero) is 1. The number of ketones is 1. The van der Waals surface area contributed by atoms with Gasteiger partial charge in [0, 0.05) is 30.5 Å². The number of anilines is 3. The molecule has 1 aliphatic heterocycles. The number of nitrogens with one attached hydrogen (secondary N) is 1. The number of nitrogen functional groups attached to an aromatic ring is 1. The number of aliphatic hydroxyl groups excluding tert-OH is 1. The minimum Gasteiger partial charge on any atom is -0.396 e. The van der Waals surface area contributed by atoms with Crippen molar-refractivity contribution in [2.24, 2.45) is 4.99 Å². The molecule has 2 aromatic rings. The van der Waals surface area contributed by atoms with Crippen LogP contribution in [0.2, 0.25) is 0 Å². The van der Waals surface area contributed by atoms with Crippen LogP contribution >= 0.6 is 0 Å². The molecule has 1 aromatic heterocycles. The van der Waals surface area contributed by atoms with Crippen molar-refractivity contribution in [1.82, 2.24) is 9.97 Å². The Balaban J connectivity index is 1.76. The van der Waals surface area contributed by atoms with Crippen LogP contribution in [0.3, 0.4) is 0 Å². The lowest BCUT2D eigenvalue weighted by Crippen LogP contribution is -2.14. The zero-order chi connectivity index (χ0) is 16.9. The molecule has 0 saturated carbocycles. The van der Waals surface area contributed by atoms with E-state index >= 15 is 0 Å². The van der Waals surface area contributed by atoms with Crippen LogP contribution in [0, 0.1) is 0 Å². The number of aliphatic imine (C=N–C) groups is 1. The molecule has 24 heavy (non-hydrogen) atoms. The summed E-state index contributed by atoms with van der Waals surface area (Å²) in [5.74, 6) is 0.807. The summed E-state index contributed by atoms with van der Waals surface area (Å²) in [4.78, 5) is 24.7. The molecule has 1 aliphatic rings. The third kappa shape index (κ3) is 3.57. The van der Waals surface area contributed by atoms with E-state index in [-0.39, 0.29) is 18.3 Å². The molecule has 0 fully saturated rings. The molecule has 7 nitrogen and oxygen atoms in total. The van der Waals surface area contributed by atoms with Crippen LogP contribution in [0.15, 0.2) is 35.5 Å². The molecule has 7 heteroatoms. The van der Waals surface area contributed by atoms with E-state index in [0.717, 1.165) is 16.8 Å². The van der Waals surface area contributed by atoms with Gasteiger partial charge in [-0.25, -0.2) is 4.98 Å². The minimum absolute atomic E-state index is 0.0191. The van der Waals surface area contributed by atoms with Gasteiger partial charge in [-0.2, -0.15) is 4.98 Å². The number of fused-ring (bicyclic) bond motifs is 1. The van der Waals surface area contributed by atoms with Gasteiger partial charge in [-0.15, -0.1) is 0 Å². The van der Waals surface area contributed by atoms with Gasteiger partial charge in [0.25, 0.3) is 0 Å². The first-order valence-electron chi connectivity index (χ1n) is 7.85. The normalized spacial score (nSPS) is 12.6. The van der Waals surface area contributed by atoms with Crippen molar-refractivity contribution in [3.63, 3.8) is 0 Å². The topological polar surface area (TPSA) is 113 Å². The summed E-state index contributed by atoms with van der Waals surface area (Å²) in [6, 6.07) is 7.51. The van der Waals surface area contributed by atoms with Crippen LogP contribution in [0.4, 0.5) is 17.5 Å². The number of carbonyl (C=O) groups is 1. The smallest absolute Gasteiger partial charge is 0.221 e. The Morgan fingerprint density at radius 2 is 2.17 bits per heavy atom. The van der Waals surface area contributed by atoms with E-state index in [2.05, 4.69) is 20.3 Å². The first kappa shape index (κ1) is 16.1. The van der Waals surface area contributed by atoms with E-state index in [0.29, 0.717) is 37.3 Å². The lowest BCUT2D eigenvalue weighted by Gasteiger charge is -2.09. The average Bonchev–Trinajstić information content (AvgIpc) is 2.98. The number of aromatic nitrogens is 2. The van der Waals surface area contributed by atoms with Crippen molar-refractivity contribution in [2.45, 2.75) is 25.8 Å². The molecule has 0 radical (unpaired) electrons. The third-order valence-corrected chi connectivity index (χ3v) is 3.80. The van der Waals surface area contributed by atoms with Crippen LogP contribution in [-0.2, 0) is 11.3 Å². The van der Waals surface area contributed by atoms with Gasteiger partial charge in [-0.1, -0.05) is 6.07 Å². The van der Waals surface area contributed by atoms with Crippen LogP contribution < -0.4 is 11.1 Å². The highest BCUT2D eigenvalue weighted by Gasteiger charge is 2.22. The molecule has 0 amide bonds. The summed E-state index contributed by atoms with van der Waals surface area (Å²) in [7, 11) is 0. The Bertz CT molecular complexity index is 788. The van der Waals surface area contributed by atoms with E-state index in [1.54, 1.807) is 12.3 Å². The van der Waals surface area contributed by atoms with Gasteiger partial charge >= 0.3 is 0 Å². The summed E-state index contributed by atoms with van der Waals surface area (Å²) in [5.41, 5.74) is 8.80. The highest BCUT2D eigenvalue weighted by Crippen LogP contribution is 2.25. The Labute approximate surface area is 139 Å². The fraction of sp³-hybridized carbons (Fsp3) is 0.294. The van der Waals surface area contributed by atoms with Gasteiger partial charge in [0.2, 0.25) is 5.95 Å². The second kappa shape index (κ2) is 7.18. The quantitative estimate of drug-likeness (QED) is 0.669. The number of nitrogens with zero attached hydrogens (tertiary/aromatic N) is 3. The maximum Gasteiger partial charge on any atom is 0.221 e. The van der Waals surface area contributed by atoms with Crippen LogP contribution in [0.25, 0.3) is 0 Å². The molecule has 124 valence electrons. The monoisotopic (exact) mass is 325 g/mol. The van der Waals surface area contributed by atoms with Gasteiger partial charge in [-0.05, 0) is 36.6 Å². The van der Waals surface area contributed by atoms with Gasteiger partial charge in [-0.3, -0.25) is 9.79 Å². The number of benzene rings is 1. The van der Waals surface area contributed by atoms with Crippen LogP contribution in [0.5, 0.6) is 0 Å². The van der Waals surface area contributed by atoms with Gasteiger partial charge in [0.1, 0.15) is 11.5 Å². The molecule has 0 saturated heterocycles. The number of nitrogens with two attached hydrogens (primary N) is 1. The van der Waals surface area contributed by atoms with Crippen molar-refractivity contribution < 1.29 is 9.90 Å². The van der Waals surface area contributed by atoms with E-state index < -0.39 is 0 Å². The second-order valence-corrected chi connectivity index (χ2v) is 5.57. The fourth-order valence-electron chi connectivity index (χ4n) is 2.61. The number of rotatable bonds is 7. The molecule has 0 bridgehead atoms. The van der Waals surface area contributed by atoms with Crippen molar-refractivity contribution in [3.05, 3.63) is 41.6 Å². The molecule has 2 heterocycles. The minimum atomic E-state index is 0.0191. The van der Waals surface area contributed by atoms with Crippen molar-refractivity contribution >= 4 is 28.9 Å². The Morgan fingerprint density at radius 3 is 2.96 bits per heavy atom. The van der Waals surface area contributed by atoms with Gasteiger partial charge in [0.15, 0.2) is 5.78 Å². The molecule has 0 spiro atoms. The number of aliphatic hydroxyl groups is 1. The predicted molar refractivity (Wildman–Crippen MR) is 92.4 cm³/mol. The number of hydrogen-bond acceptors (Lipinski definition) is 7. The largest absolute Gasteiger partial charge is 0.396 e. The standard InChI is InChI=1S/C17H19N5O2/c18-17-19-7-6-15(22-17)21-12-5-4-11-10-20-16(13(11)9-12)14(24)3-1-2-8-23/h4-7,9,23H,1-3,8,10H2,(H3,18,19,21,22). The summed E-state index contributed by atoms with van der Waals surface area (Å²) in [6.45, 7) is 0.629. The SMILES string of the molecule is Nc1nccc(Nc2ccc3c(c2)C(C(=O)CCCCO)=NC3)n1. The van der Waals surface area contributed by atoms with E-state index in [1.165, 1.54) is 0 Å². The van der Waals surface area contributed by atoms with E-state index in [4.69, 9.17) is 10.8 Å². The maximum atomic E-state index is 12.3. The number of carbonyl (C=O) groups excluding carboxylic acids is 1. The van der Waals surface area contributed by atoms with Crippen LogP contribution in [0.1, 0.15) is 30.4 Å². The van der Waals surface area contributed by atoms with Crippen molar-refractivity contribution in [3.8, 4) is 0 Å². The van der Waals surface area contributed by atoms with E-state index in [1.807, 2.05) is 18.2 Å². The predicted octanol–water partition coefficient (Wildman–Crippen LogP) is 1.84. The first-order valence-corrected chi connectivity index (χ1v) is 7.85. The highest BCUT2D eigenvalue weighted by atomic mass is 16.2. The lowest BCUT2D eigenvalue weighted by molar-refractivity contribution is -0.113. The Hall–Kier alpha value is -2.80. The van der Waals surface area contributed by atoms with Crippen molar-refractivity contribution in [2.75, 3.05) is 17.7 Å². The fourth-order valence-corrected chi connectivity index (χ4v) is 2.61. The molecular weight excluding hydrogens is 306 g/mol. The number of hydrogen-bond donors (Lipinski definition) is 3. The summed E-state index contributed by atoms with van der Waals surface area (Å²) >= 11 is 0. The maximum absolute atomic E-state index is 12.3. The van der Waals surface area contributed by atoms with Crippen molar-refractivity contribution in [1.29, 1.82) is 0 Å². The average molecular weight is 325 g/mol. The Kier molecular flexibility index (Phi) is 4.81.